The van der Waals surface area contributed by atoms with Crippen LogP contribution in [0, 0.1) is 19.8 Å². The Hall–Kier alpha value is -3.13. The molecule has 0 unspecified atom stereocenters. The number of hydrogen-bond acceptors (Lipinski definition) is 4. The van der Waals surface area contributed by atoms with Crippen molar-refractivity contribution in [1.29, 1.82) is 0 Å². The Kier molecular flexibility index (Phi) is 6.06. The van der Waals surface area contributed by atoms with Crippen LogP contribution in [0.5, 0.6) is 0 Å². The average Bonchev–Trinajstić information content (AvgIpc) is 3.02. The molecule has 9 heteroatoms. The highest BCUT2D eigenvalue weighted by molar-refractivity contribution is 6.30. The molecule has 168 valence electrons. The number of primary amides is 1. The fraction of sp³-hybridized carbons (Fsp3) is 0.391. The molecule has 2 amide bonds. The molecular weight excluding hydrogens is 430 g/mol. The normalized spacial score (nSPS) is 14.8. The van der Waals surface area contributed by atoms with Gasteiger partial charge >= 0.3 is 0 Å². The van der Waals surface area contributed by atoms with Gasteiger partial charge in [-0.3, -0.25) is 14.4 Å². The highest BCUT2D eigenvalue weighted by Gasteiger charge is 2.26. The Morgan fingerprint density at radius 3 is 2.41 bits per heavy atom. The summed E-state index contributed by atoms with van der Waals surface area (Å²) in [7, 11) is 0. The quantitative estimate of drug-likeness (QED) is 0.637. The molecule has 2 N–H and O–H groups in total. The zero-order valence-corrected chi connectivity index (χ0v) is 18.9. The Morgan fingerprint density at radius 1 is 1.12 bits per heavy atom. The van der Waals surface area contributed by atoms with Crippen molar-refractivity contribution in [3.63, 3.8) is 0 Å². The van der Waals surface area contributed by atoms with Crippen molar-refractivity contribution in [1.82, 2.24) is 19.2 Å². The van der Waals surface area contributed by atoms with Crippen molar-refractivity contribution >= 4 is 34.2 Å². The molecule has 0 radical (unpaired) electrons. The molecule has 0 atom stereocenters. The second kappa shape index (κ2) is 8.78. The van der Waals surface area contributed by atoms with Gasteiger partial charge in [-0.05, 0) is 44.4 Å². The zero-order chi connectivity index (χ0) is 23.0. The summed E-state index contributed by atoms with van der Waals surface area (Å²) in [4.78, 5) is 39.0. The zero-order valence-electron chi connectivity index (χ0n) is 18.2. The van der Waals surface area contributed by atoms with E-state index in [0.717, 1.165) is 22.3 Å². The molecule has 3 aromatic rings. The average molecular weight is 456 g/mol. The van der Waals surface area contributed by atoms with Gasteiger partial charge in [-0.15, -0.1) is 0 Å². The summed E-state index contributed by atoms with van der Waals surface area (Å²) in [6.07, 6.45) is 2.76. The maximum atomic E-state index is 13.2. The molecule has 1 aromatic carbocycles. The number of aromatic nitrogens is 3. The number of likely N-dealkylation sites (tertiary alicyclic amines) is 1. The molecule has 0 saturated carbocycles. The second-order valence-corrected chi connectivity index (χ2v) is 8.77. The molecule has 1 saturated heterocycles. The van der Waals surface area contributed by atoms with Crippen molar-refractivity contribution in [2.45, 2.75) is 39.8 Å². The Labute approximate surface area is 190 Å². The number of nitrogens with zero attached hydrogens (tertiary/aromatic N) is 4. The van der Waals surface area contributed by atoms with Gasteiger partial charge in [0.1, 0.15) is 6.54 Å². The van der Waals surface area contributed by atoms with Gasteiger partial charge in [0, 0.05) is 47.3 Å². The van der Waals surface area contributed by atoms with Crippen LogP contribution in [0.3, 0.4) is 0 Å². The largest absolute Gasteiger partial charge is 0.369 e. The molecule has 2 aromatic heterocycles. The van der Waals surface area contributed by atoms with E-state index in [-0.39, 0.29) is 29.8 Å². The molecule has 3 heterocycles. The van der Waals surface area contributed by atoms with Crippen LogP contribution in [-0.4, -0.2) is 44.2 Å². The second-order valence-electron chi connectivity index (χ2n) is 8.34. The van der Waals surface area contributed by atoms with Gasteiger partial charge < -0.3 is 15.2 Å². The molecule has 1 fully saturated rings. The van der Waals surface area contributed by atoms with E-state index < -0.39 is 0 Å². The molecule has 0 spiro atoms. The fourth-order valence-electron chi connectivity index (χ4n) is 4.41. The first kappa shape index (κ1) is 22.1. The third-order valence-corrected chi connectivity index (χ3v) is 6.65. The van der Waals surface area contributed by atoms with Crippen LogP contribution in [0.4, 0.5) is 0 Å². The monoisotopic (exact) mass is 455 g/mol. The molecule has 4 rings (SSSR count). The van der Waals surface area contributed by atoms with Gasteiger partial charge in [-0.2, -0.15) is 5.10 Å². The van der Waals surface area contributed by atoms with E-state index in [0.29, 0.717) is 42.9 Å². The van der Waals surface area contributed by atoms with Crippen LogP contribution in [0.2, 0.25) is 5.02 Å². The molecule has 32 heavy (non-hydrogen) atoms. The summed E-state index contributed by atoms with van der Waals surface area (Å²) >= 11 is 5.99. The molecular formula is C23H26ClN5O3. The number of piperidine rings is 1. The molecule has 0 aliphatic carbocycles. The van der Waals surface area contributed by atoms with Gasteiger partial charge in [0.25, 0.3) is 5.56 Å². The van der Waals surface area contributed by atoms with Gasteiger partial charge in [0.05, 0.1) is 11.6 Å². The number of benzene rings is 1. The summed E-state index contributed by atoms with van der Waals surface area (Å²) in [5, 5.41) is 6.31. The van der Waals surface area contributed by atoms with E-state index in [1.54, 1.807) is 11.1 Å². The Morgan fingerprint density at radius 2 is 1.78 bits per heavy atom. The number of fused-ring (bicyclic) bond motifs is 1. The minimum atomic E-state index is -0.325. The number of rotatable bonds is 5. The van der Waals surface area contributed by atoms with Crippen molar-refractivity contribution in [3.8, 4) is 0 Å². The molecule has 1 aliphatic rings. The Bertz CT molecular complexity index is 1240. The third kappa shape index (κ3) is 4.14. The predicted molar refractivity (Wildman–Crippen MR) is 123 cm³/mol. The summed E-state index contributed by atoms with van der Waals surface area (Å²) in [6.45, 7) is 5.27. The molecule has 8 nitrogen and oxygen atoms in total. The van der Waals surface area contributed by atoms with Gasteiger partial charge in [0.2, 0.25) is 11.8 Å². The summed E-state index contributed by atoms with van der Waals surface area (Å²) in [6, 6.07) is 7.61. The lowest BCUT2D eigenvalue weighted by atomic mass is 9.96. The number of aryl methyl sites for hydroxylation is 2. The smallest absolute Gasteiger partial charge is 0.276 e. The SMILES string of the molecule is Cc1c2cnn(CC(=O)N3CCC(C(N)=O)CC3)c(=O)c2c(C)n1Cc1ccc(Cl)cc1. The summed E-state index contributed by atoms with van der Waals surface area (Å²) < 4.78 is 3.31. The molecule has 0 bridgehead atoms. The standard InChI is InChI=1S/C23H26ClN5O3/c1-14-19-11-26-29(13-20(30)27-9-7-17(8-10-27)22(25)31)23(32)21(19)15(2)28(14)12-16-3-5-18(24)6-4-16/h3-6,11,17H,7-10,12-13H2,1-2H3,(H2,25,31). The Balaban J connectivity index is 1.58. The topological polar surface area (TPSA) is 103 Å². The van der Waals surface area contributed by atoms with Crippen molar-refractivity contribution in [2.24, 2.45) is 11.7 Å². The van der Waals surface area contributed by atoms with Crippen LogP contribution < -0.4 is 11.3 Å². The summed E-state index contributed by atoms with van der Waals surface area (Å²) in [5.74, 6) is -0.700. The van der Waals surface area contributed by atoms with E-state index in [1.807, 2.05) is 38.1 Å². The number of carbonyl (C=O) groups is 2. The highest BCUT2D eigenvalue weighted by Crippen LogP contribution is 2.24. The number of hydrogen-bond donors (Lipinski definition) is 1. The van der Waals surface area contributed by atoms with Crippen molar-refractivity contribution < 1.29 is 9.59 Å². The fourth-order valence-corrected chi connectivity index (χ4v) is 4.53. The van der Waals surface area contributed by atoms with Crippen LogP contribution in [0.25, 0.3) is 10.8 Å². The first-order valence-electron chi connectivity index (χ1n) is 10.6. The number of amides is 2. The maximum Gasteiger partial charge on any atom is 0.276 e. The van der Waals surface area contributed by atoms with Crippen LogP contribution >= 0.6 is 11.6 Å². The lowest BCUT2D eigenvalue weighted by molar-refractivity contribution is -0.135. The highest BCUT2D eigenvalue weighted by atomic mass is 35.5. The van der Waals surface area contributed by atoms with Gasteiger partial charge in [-0.1, -0.05) is 23.7 Å². The van der Waals surface area contributed by atoms with Crippen molar-refractivity contribution in [3.05, 3.63) is 62.8 Å². The number of nitrogens with two attached hydrogens (primary N) is 1. The summed E-state index contributed by atoms with van der Waals surface area (Å²) in [5.41, 5.74) is 7.94. The van der Waals surface area contributed by atoms with Crippen LogP contribution in [-0.2, 0) is 22.7 Å². The number of halogens is 1. The predicted octanol–water partition coefficient (Wildman–Crippen LogP) is 2.24. The maximum absolute atomic E-state index is 13.2. The van der Waals surface area contributed by atoms with Crippen LogP contribution in [0.1, 0.15) is 29.8 Å². The third-order valence-electron chi connectivity index (χ3n) is 6.39. The van der Waals surface area contributed by atoms with Crippen LogP contribution in [0.15, 0.2) is 35.3 Å². The van der Waals surface area contributed by atoms with E-state index in [4.69, 9.17) is 17.3 Å². The minimum absolute atomic E-state index is 0.128. The molecule has 1 aliphatic heterocycles. The first-order valence-corrected chi connectivity index (χ1v) is 11.0. The van der Waals surface area contributed by atoms with Crippen molar-refractivity contribution in [2.75, 3.05) is 13.1 Å². The van der Waals surface area contributed by atoms with E-state index in [2.05, 4.69) is 9.67 Å². The van der Waals surface area contributed by atoms with Gasteiger partial charge in [-0.25, -0.2) is 4.68 Å². The van der Waals surface area contributed by atoms with Gasteiger partial charge in [0.15, 0.2) is 0 Å². The lowest BCUT2D eigenvalue weighted by Gasteiger charge is -2.30. The minimum Gasteiger partial charge on any atom is -0.369 e. The van der Waals surface area contributed by atoms with E-state index >= 15 is 0 Å². The lowest BCUT2D eigenvalue weighted by Crippen LogP contribution is -2.44. The van der Waals surface area contributed by atoms with E-state index in [9.17, 15) is 14.4 Å². The first-order chi connectivity index (χ1) is 15.3. The number of carbonyl (C=O) groups excluding carboxylic acids is 2. The van der Waals surface area contributed by atoms with E-state index in [1.165, 1.54) is 4.68 Å².